The summed E-state index contributed by atoms with van der Waals surface area (Å²) in [6, 6.07) is 0. The van der Waals surface area contributed by atoms with Crippen molar-refractivity contribution in [1.29, 1.82) is 0 Å². The van der Waals surface area contributed by atoms with Crippen LogP contribution in [0.2, 0.25) is 0 Å². The Morgan fingerprint density at radius 2 is 1.80 bits per heavy atom. The summed E-state index contributed by atoms with van der Waals surface area (Å²) in [6.45, 7) is 6.60. The van der Waals surface area contributed by atoms with Crippen molar-refractivity contribution in [1.82, 2.24) is 5.32 Å². The smallest absolute Gasteiger partial charge is 0.0830 e. The molecule has 1 spiro atoms. The van der Waals surface area contributed by atoms with Gasteiger partial charge in [-0.3, -0.25) is 0 Å². The fourth-order valence-corrected chi connectivity index (χ4v) is 3.95. The molecule has 2 fully saturated rings. The van der Waals surface area contributed by atoms with Crippen LogP contribution < -0.4 is 5.32 Å². The van der Waals surface area contributed by atoms with Crippen LogP contribution >= 0.6 is 11.8 Å². The van der Waals surface area contributed by atoms with Crippen molar-refractivity contribution in [2.24, 2.45) is 0 Å². The van der Waals surface area contributed by atoms with Gasteiger partial charge in [0, 0.05) is 13.1 Å². The van der Waals surface area contributed by atoms with Crippen LogP contribution in [0, 0.1) is 0 Å². The van der Waals surface area contributed by atoms with Crippen molar-refractivity contribution in [2.75, 3.05) is 24.6 Å². The number of ether oxygens (including phenoxy) is 1. The molecular formula is C12H23NOS. The maximum Gasteiger partial charge on any atom is 0.0830 e. The first-order chi connectivity index (χ1) is 7.24. The van der Waals surface area contributed by atoms with E-state index in [1.54, 1.807) is 0 Å². The molecule has 0 saturated carbocycles. The summed E-state index contributed by atoms with van der Waals surface area (Å²) in [4.78, 5) is 0. The zero-order valence-corrected chi connectivity index (χ0v) is 10.8. The lowest BCUT2D eigenvalue weighted by molar-refractivity contribution is -0.184. The maximum absolute atomic E-state index is 6.52. The van der Waals surface area contributed by atoms with Gasteiger partial charge in [-0.05, 0) is 37.2 Å². The molecule has 3 heteroatoms. The Balaban J connectivity index is 2.07. The Hall–Kier alpha value is 0.270. The average Bonchev–Trinajstić information content (AvgIpc) is 2.30. The van der Waals surface area contributed by atoms with E-state index in [2.05, 4.69) is 30.9 Å². The number of morpholine rings is 1. The maximum atomic E-state index is 6.52. The van der Waals surface area contributed by atoms with E-state index in [1.807, 2.05) is 0 Å². The largest absolute Gasteiger partial charge is 0.366 e. The third kappa shape index (κ3) is 2.34. The van der Waals surface area contributed by atoms with Gasteiger partial charge in [0.25, 0.3) is 0 Å². The minimum Gasteiger partial charge on any atom is -0.366 e. The third-order valence-electron chi connectivity index (χ3n) is 4.02. The molecule has 0 amide bonds. The first-order valence-electron chi connectivity index (χ1n) is 6.23. The lowest BCUT2D eigenvalue weighted by atomic mass is 9.88. The molecule has 88 valence electrons. The van der Waals surface area contributed by atoms with E-state index in [1.165, 1.54) is 24.3 Å². The molecule has 0 atom stereocenters. The van der Waals surface area contributed by atoms with Crippen LogP contribution in [0.5, 0.6) is 0 Å². The second kappa shape index (κ2) is 4.64. The van der Waals surface area contributed by atoms with Crippen LogP contribution in [-0.4, -0.2) is 35.8 Å². The lowest BCUT2D eigenvalue weighted by Gasteiger charge is -2.50. The Bertz CT molecular complexity index is 204. The number of thioether (sulfide) groups is 1. The number of hydrogen-bond donors (Lipinski definition) is 1. The first-order valence-corrected chi connectivity index (χ1v) is 7.38. The molecule has 0 aliphatic carbocycles. The monoisotopic (exact) mass is 229 g/mol. The fraction of sp³-hybridized carbons (Fsp3) is 1.00. The number of hydrogen-bond acceptors (Lipinski definition) is 3. The molecule has 0 bridgehead atoms. The van der Waals surface area contributed by atoms with Gasteiger partial charge in [0.2, 0.25) is 0 Å². The minimum absolute atomic E-state index is 0.111. The molecule has 0 radical (unpaired) electrons. The predicted molar refractivity (Wildman–Crippen MR) is 66.6 cm³/mol. The first kappa shape index (κ1) is 11.7. The standard InChI is InChI=1S/C12H23NOS/c1-3-11(4-2)9-13-10-12(14-11)5-7-15-8-6-12/h13H,3-10H2,1-2H3. The van der Waals surface area contributed by atoms with E-state index in [0.717, 1.165) is 25.9 Å². The third-order valence-corrected chi connectivity index (χ3v) is 5.01. The number of rotatable bonds is 2. The van der Waals surface area contributed by atoms with E-state index in [4.69, 9.17) is 4.74 Å². The highest BCUT2D eigenvalue weighted by Crippen LogP contribution is 2.38. The highest BCUT2D eigenvalue weighted by Gasteiger charge is 2.44. The van der Waals surface area contributed by atoms with Crippen LogP contribution in [0.4, 0.5) is 0 Å². The van der Waals surface area contributed by atoms with E-state index < -0.39 is 0 Å². The predicted octanol–water partition coefficient (Wildman–Crippen LogP) is 2.43. The summed E-state index contributed by atoms with van der Waals surface area (Å²) in [6.07, 6.45) is 4.72. The van der Waals surface area contributed by atoms with Crippen molar-refractivity contribution in [3.63, 3.8) is 0 Å². The zero-order valence-electron chi connectivity index (χ0n) is 9.97. The van der Waals surface area contributed by atoms with Crippen molar-refractivity contribution in [3.8, 4) is 0 Å². The molecule has 2 heterocycles. The van der Waals surface area contributed by atoms with Gasteiger partial charge in [0.15, 0.2) is 0 Å². The van der Waals surface area contributed by atoms with Gasteiger partial charge < -0.3 is 10.1 Å². The molecule has 2 saturated heterocycles. The van der Waals surface area contributed by atoms with Crippen molar-refractivity contribution < 1.29 is 4.74 Å². The Morgan fingerprint density at radius 1 is 1.13 bits per heavy atom. The molecule has 0 aromatic carbocycles. The van der Waals surface area contributed by atoms with Gasteiger partial charge in [0.05, 0.1) is 11.2 Å². The fourth-order valence-electron chi connectivity index (χ4n) is 2.72. The lowest BCUT2D eigenvalue weighted by Crippen LogP contribution is -2.61. The van der Waals surface area contributed by atoms with Gasteiger partial charge in [0.1, 0.15) is 0 Å². The van der Waals surface area contributed by atoms with Crippen LogP contribution in [0.1, 0.15) is 39.5 Å². The van der Waals surface area contributed by atoms with Crippen LogP contribution in [0.25, 0.3) is 0 Å². The Morgan fingerprint density at radius 3 is 2.40 bits per heavy atom. The minimum atomic E-state index is 0.111. The molecule has 2 aliphatic rings. The molecule has 2 nitrogen and oxygen atoms in total. The number of nitrogens with one attached hydrogen (secondary N) is 1. The molecule has 0 aromatic heterocycles. The van der Waals surface area contributed by atoms with Gasteiger partial charge in [-0.15, -0.1) is 0 Å². The zero-order chi connectivity index (χ0) is 10.8. The Kier molecular flexibility index (Phi) is 3.63. The highest BCUT2D eigenvalue weighted by molar-refractivity contribution is 7.99. The van der Waals surface area contributed by atoms with Gasteiger partial charge in [-0.1, -0.05) is 13.8 Å². The second-order valence-electron chi connectivity index (χ2n) is 4.89. The molecule has 0 aromatic rings. The van der Waals surface area contributed by atoms with Crippen LogP contribution in [0.15, 0.2) is 0 Å². The summed E-state index contributed by atoms with van der Waals surface area (Å²) < 4.78 is 6.52. The van der Waals surface area contributed by atoms with Crippen molar-refractivity contribution in [3.05, 3.63) is 0 Å². The van der Waals surface area contributed by atoms with Gasteiger partial charge in [-0.25, -0.2) is 0 Å². The summed E-state index contributed by atoms with van der Waals surface area (Å²) in [5.41, 5.74) is 0.274. The molecule has 2 rings (SSSR count). The topological polar surface area (TPSA) is 21.3 Å². The average molecular weight is 229 g/mol. The SMILES string of the molecule is CCC1(CC)CNCC2(CCSCC2)O1. The molecular weight excluding hydrogens is 206 g/mol. The van der Waals surface area contributed by atoms with E-state index >= 15 is 0 Å². The molecule has 0 unspecified atom stereocenters. The van der Waals surface area contributed by atoms with E-state index in [0.29, 0.717) is 0 Å². The molecule has 1 N–H and O–H groups in total. The Labute approximate surface area is 97.5 Å². The molecule has 15 heavy (non-hydrogen) atoms. The summed E-state index contributed by atoms with van der Waals surface area (Å²) >= 11 is 2.07. The molecule has 2 aliphatic heterocycles. The summed E-state index contributed by atoms with van der Waals surface area (Å²) in [5.74, 6) is 2.54. The van der Waals surface area contributed by atoms with Crippen molar-refractivity contribution in [2.45, 2.75) is 50.7 Å². The van der Waals surface area contributed by atoms with E-state index in [9.17, 15) is 0 Å². The van der Waals surface area contributed by atoms with Gasteiger partial charge >= 0.3 is 0 Å². The van der Waals surface area contributed by atoms with Crippen LogP contribution in [-0.2, 0) is 4.74 Å². The summed E-state index contributed by atoms with van der Waals surface area (Å²) in [7, 11) is 0. The van der Waals surface area contributed by atoms with E-state index in [-0.39, 0.29) is 11.2 Å². The summed E-state index contributed by atoms with van der Waals surface area (Å²) in [5, 5.41) is 3.60. The van der Waals surface area contributed by atoms with Crippen molar-refractivity contribution >= 4 is 11.8 Å². The van der Waals surface area contributed by atoms with Crippen LogP contribution in [0.3, 0.4) is 0 Å². The quantitative estimate of drug-likeness (QED) is 0.786. The van der Waals surface area contributed by atoms with Gasteiger partial charge in [-0.2, -0.15) is 11.8 Å². The normalized spacial score (nSPS) is 29.2. The highest BCUT2D eigenvalue weighted by atomic mass is 32.2. The second-order valence-corrected chi connectivity index (χ2v) is 6.12.